The predicted molar refractivity (Wildman–Crippen MR) is 53.9 cm³/mol. The van der Waals surface area contributed by atoms with E-state index in [-0.39, 0.29) is 0 Å². The fourth-order valence-corrected chi connectivity index (χ4v) is 1.20. The number of hydrogen-bond acceptors (Lipinski definition) is 5. The monoisotopic (exact) mass is 224 g/mol. The summed E-state index contributed by atoms with van der Waals surface area (Å²) >= 11 is 0. The van der Waals surface area contributed by atoms with Crippen LogP contribution < -0.4 is 0 Å². The van der Waals surface area contributed by atoms with Crippen LogP contribution in [0.5, 0.6) is 0 Å². The standard InChI is InChI=1S/C10H12N2O4/c1-6-7(5-11-12(6)2)8(13)4-9(14)10(15)16-3/h5H,4H2,1-3H3. The Morgan fingerprint density at radius 3 is 2.50 bits per heavy atom. The summed E-state index contributed by atoms with van der Waals surface area (Å²) in [7, 11) is 2.79. The van der Waals surface area contributed by atoms with Crippen molar-refractivity contribution in [2.45, 2.75) is 13.3 Å². The van der Waals surface area contributed by atoms with E-state index in [0.29, 0.717) is 11.3 Å². The highest BCUT2D eigenvalue weighted by atomic mass is 16.5. The highest BCUT2D eigenvalue weighted by Gasteiger charge is 2.21. The van der Waals surface area contributed by atoms with Crippen LogP contribution in [0, 0.1) is 6.92 Å². The lowest BCUT2D eigenvalue weighted by Gasteiger charge is -1.99. The molecule has 0 N–H and O–H groups in total. The van der Waals surface area contributed by atoms with Gasteiger partial charge in [-0.05, 0) is 6.92 Å². The van der Waals surface area contributed by atoms with Gasteiger partial charge in [-0.2, -0.15) is 5.10 Å². The van der Waals surface area contributed by atoms with Crippen molar-refractivity contribution in [3.63, 3.8) is 0 Å². The van der Waals surface area contributed by atoms with E-state index in [1.165, 1.54) is 10.9 Å². The third kappa shape index (κ3) is 2.33. The number of rotatable bonds is 4. The van der Waals surface area contributed by atoms with Crippen molar-refractivity contribution < 1.29 is 19.1 Å². The molecule has 16 heavy (non-hydrogen) atoms. The zero-order chi connectivity index (χ0) is 12.3. The molecule has 0 saturated carbocycles. The number of hydrogen-bond donors (Lipinski definition) is 0. The minimum absolute atomic E-state index is 0.347. The molecule has 0 aliphatic carbocycles. The van der Waals surface area contributed by atoms with Gasteiger partial charge in [-0.25, -0.2) is 4.79 Å². The topological polar surface area (TPSA) is 78.3 Å². The smallest absolute Gasteiger partial charge is 0.374 e. The van der Waals surface area contributed by atoms with E-state index < -0.39 is 24.0 Å². The van der Waals surface area contributed by atoms with Crippen LogP contribution >= 0.6 is 0 Å². The minimum atomic E-state index is -1.00. The van der Waals surface area contributed by atoms with Gasteiger partial charge in [-0.1, -0.05) is 0 Å². The molecule has 0 atom stereocenters. The van der Waals surface area contributed by atoms with Gasteiger partial charge < -0.3 is 4.74 Å². The van der Waals surface area contributed by atoms with Crippen molar-refractivity contribution in [1.29, 1.82) is 0 Å². The fourth-order valence-electron chi connectivity index (χ4n) is 1.20. The highest BCUT2D eigenvalue weighted by molar-refractivity contribution is 6.38. The van der Waals surface area contributed by atoms with Crippen LogP contribution in [-0.2, 0) is 21.4 Å². The Labute approximate surface area is 92.2 Å². The molecule has 0 aliphatic rings. The van der Waals surface area contributed by atoms with E-state index >= 15 is 0 Å². The van der Waals surface area contributed by atoms with E-state index in [1.807, 2.05) is 0 Å². The number of esters is 1. The molecule has 1 heterocycles. The van der Waals surface area contributed by atoms with Crippen molar-refractivity contribution >= 4 is 17.5 Å². The summed E-state index contributed by atoms with van der Waals surface area (Å²) in [6.45, 7) is 1.71. The van der Waals surface area contributed by atoms with Crippen molar-refractivity contribution in [1.82, 2.24) is 9.78 Å². The van der Waals surface area contributed by atoms with Crippen LogP contribution in [0.3, 0.4) is 0 Å². The number of nitrogens with zero attached hydrogens (tertiary/aromatic N) is 2. The van der Waals surface area contributed by atoms with Crippen molar-refractivity contribution in [3.05, 3.63) is 17.5 Å². The second-order valence-corrected chi connectivity index (χ2v) is 3.28. The maximum Gasteiger partial charge on any atom is 0.374 e. The molecular weight excluding hydrogens is 212 g/mol. The highest BCUT2D eigenvalue weighted by Crippen LogP contribution is 2.09. The number of aromatic nitrogens is 2. The van der Waals surface area contributed by atoms with Crippen molar-refractivity contribution in [2.24, 2.45) is 7.05 Å². The zero-order valence-electron chi connectivity index (χ0n) is 9.31. The largest absolute Gasteiger partial charge is 0.463 e. The van der Waals surface area contributed by atoms with Gasteiger partial charge in [0.05, 0.1) is 25.3 Å². The van der Waals surface area contributed by atoms with Gasteiger partial charge in [-0.15, -0.1) is 0 Å². The lowest BCUT2D eigenvalue weighted by molar-refractivity contribution is -0.151. The number of Topliss-reactive ketones (excluding diaryl/α,β-unsaturated/α-hetero) is 2. The number of methoxy groups -OCH3 is 1. The second-order valence-electron chi connectivity index (χ2n) is 3.28. The van der Waals surface area contributed by atoms with E-state index in [1.54, 1.807) is 14.0 Å². The SMILES string of the molecule is COC(=O)C(=O)CC(=O)c1cnn(C)c1C. The van der Waals surface area contributed by atoms with E-state index in [9.17, 15) is 14.4 Å². The number of aryl methyl sites for hydroxylation is 1. The summed E-state index contributed by atoms with van der Waals surface area (Å²) in [5, 5.41) is 3.88. The summed E-state index contributed by atoms with van der Waals surface area (Å²) in [6.07, 6.45) is 0.890. The van der Waals surface area contributed by atoms with E-state index in [2.05, 4.69) is 9.84 Å². The second kappa shape index (κ2) is 4.69. The third-order valence-electron chi connectivity index (χ3n) is 2.27. The van der Waals surface area contributed by atoms with Crippen molar-refractivity contribution in [3.8, 4) is 0 Å². The Hall–Kier alpha value is -1.98. The Morgan fingerprint density at radius 2 is 2.06 bits per heavy atom. The summed E-state index contributed by atoms with van der Waals surface area (Å²) in [4.78, 5) is 33.6. The summed E-state index contributed by atoms with van der Waals surface area (Å²) in [5.74, 6) is -2.29. The summed E-state index contributed by atoms with van der Waals surface area (Å²) < 4.78 is 5.75. The molecule has 0 radical (unpaired) electrons. The first-order valence-corrected chi connectivity index (χ1v) is 4.60. The van der Waals surface area contributed by atoms with Gasteiger partial charge in [0.1, 0.15) is 0 Å². The Bertz CT molecular complexity index is 448. The lowest BCUT2D eigenvalue weighted by Crippen LogP contribution is -2.19. The Morgan fingerprint density at radius 1 is 1.44 bits per heavy atom. The Kier molecular flexibility index (Phi) is 3.55. The first-order valence-electron chi connectivity index (χ1n) is 4.60. The number of carbonyl (C=O) groups is 3. The molecule has 0 fully saturated rings. The number of ketones is 2. The molecule has 0 unspecified atom stereocenters. The van der Waals surface area contributed by atoms with Crippen molar-refractivity contribution in [2.75, 3.05) is 7.11 Å². The minimum Gasteiger partial charge on any atom is -0.463 e. The van der Waals surface area contributed by atoms with E-state index in [0.717, 1.165) is 7.11 Å². The molecular formula is C10H12N2O4. The molecule has 0 bridgehead atoms. The number of ether oxygens (including phenoxy) is 1. The van der Waals surface area contributed by atoms with Gasteiger partial charge in [0.25, 0.3) is 0 Å². The predicted octanol–water partition coefficient (Wildman–Crippen LogP) is 0.0434. The van der Waals surface area contributed by atoms with Gasteiger partial charge in [0, 0.05) is 12.7 Å². The Balaban J connectivity index is 2.77. The molecule has 0 spiro atoms. The molecule has 6 heteroatoms. The van der Waals surface area contributed by atoms with Crippen LogP contribution in [0.1, 0.15) is 22.5 Å². The van der Waals surface area contributed by atoms with Crippen LogP contribution in [0.2, 0.25) is 0 Å². The van der Waals surface area contributed by atoms with Gasteiger partial charge in [0.2, 0.25) is 5.78 Å². The average molecular weight is 224 g/mol. The molecule has 0 saturated heterocycles. The number of carbonyl (C=O) groups excluding carboxylic acids is 3. The molecule has 1 rings (SSSR count). The van der Waals surface area contributed by atoms with Crippen LogP contribution in [0.25, 0.3) is 0 Å². The lowest BCUT2D eigenvalue weighted by atomic mass is 10.1. The zero-order valence-corrected chi connectivity index (χ0v) is 9.31. The van der Waals surface area contributed by atoms with E-state index in [4.69, 9.17) is 0 Å². The van der Waals surface area contributed by atoms with Crippen LogP contribution in [0.15, 0.2) is 6.20 Å². The molecule has 86 valence electrons. The quantitative estimate of drug-likeness (QED) is 0.312. The molecule has 1 aromatic rings. The molecule has 0 amide bonds. The maximum atomic E-state index is 11.6. The summed E-state index contributed by atoms with van der Waals surface area (Å²) in [6, 6.07) is 0. The van der Waals surface area contributed by atoms with Gasteiger partial charge >= 0.3 is 5.97 Å². The van der Waals surface area contributed by atoms with Gasteiger partial charge in [0.15, 0.2) is 5.78 Å². The first-order chi connectivity index (χ1) is 7.47. The molecule has 0 aliphatic heterocycles. The molecule has 1 aromatic heterocycles. The normalized spacial score (nSPS) is 9.94. The average Bonchev–Trinajstić information content (AvgIpc) is 2.58. The van der Waals surface area contributed by atoms with Crippen LogP contribution in [0.4, 0.5) is 0 Å². The fraction of sp³-hybridized carbons (Fsp3) is 0.400. The van der Waals surface area contributed by atoms with Gasteiger partial charge in [-0.3, -0.25) is 14.3 Å². The first kappa shape index (κ1) is 12.1. The molecule has 0 aromatic carbocycles. The third-order valence-corrected chi connectivity index (χ3v) is 2.27. The molecule has 6 nitrogen and oxygen atoms in total. The maximum absolute atomic E-state index is 11.6. The summed E-state index contributed by atoms with van der Waals surface area (Å²) in [5.41, 5.74) is 1.00. The van der Waals surface area contributed by atoms with Crippen LogP contribution in [-0.4, -0.2) is 34.4 Å².